The first-order valence-electron chi connectivity index (χ1n) is 34.9. The maximum Gasteiger partial charge on any atom is 0.501 e. The number of imide groups is 2. The molecule has 0 radical (unpaired) electrons. The minimum Gasteiger partial charge on any atom is -0.389 e. The van der Waals surface area contributed by atoms with E-state index in [4.69, 9.17) is 31.3 Å². The number of nitrogens with one attached hydrogen (secondary N) is 6. The van der Waals surface area contributed by atoms with E-state index in [9.17, 15) is 58.8 Å². The fourth-order valence-corrected chi connectivity index (χ4v) is 16.4. The molecule has 5 aromatic rings. The van der Waals surface area contributed by atoms with Crippen LogP contribution < -0.4 is 30.9 Å². The van der Waals surface area contributed by atoms with Gasteiger partial charge in [-0.05, 0) is 134 Å². The maximum absolute atomic E-state index is 14.5. The molecule has 3 fully saturated rings. The number of rotatable bonds is 35. The Labute approximate surface area is 618 Å². The number of sulfone groups is 1. The highest BCUT2D eigenvalue weighted by molar-refractivity contribution is 7.99. The van der Waals surface area contributed by atoms with Crippen LogP contribution in [0.2, 0.25) is 5.02 Å². The lowest BCUT2D eigenvalue weighted by molar-refractivity contribution is -0.136. The standard InChI is InChI=1S/C73H88ClF3N12O13S3/c1-72(2)27-25-59(50-13-17-53(74)18-14-50)52(45-72)47-86-33-35-87(36-34-86)56-19-15-51(16-20-56)68(92)84-105(98,99)58-21-22-61(64(44-58)104(96,97)73(75,76)77)81-54(49-103-57-8-4-3-5-9-57)26-30-85-31-37-88(38-32-85)66(91)12-7-28-79-46-55(83-78)48-102-43-42-101-41-40-100-39-29-80-62-11-6-10-60-67(62)71(95)89(70(60)94)63-23-24-65(90)82-69(63)93/h3-6,8-11,13-22,44,46,54,63,78-81H,7,12,23-43,45,47-49H2,1-2H3,(H,84,92)(H,82,90,93)/b55-46-,83-78?/t54-,63?/m1/s1. The highest BCUT2D eigenvalue weighted by Gasteiger charge is 2.49. The van der Waals surface area contributed by atoms with Gasteiger partial charge in [0.2, 0.25) is 17.7 Å². The summed E-state index contributed by atoms with van der Waals surface area (Å²) in [6.07, 6.45) is 5.73. The number of alkyl halides is 3. The summed E-state index contributed by atoms with van der Waals surface area (Å²) in [6.45, 7) is 12.6. The first kappa shape index (κ1) is 79.3. The number of carbonyl (C=O) groups excluding carboxylic acids is 6. The summed E-state index contributed by atoms with van der Waals surface area (Å²) in [6, 6.07) is 29.0. The Morgan fingerprint density at radius 2 is 1.49 bits per heavy atom. The third kappa shape index (κ3) is 21.3. The molecule has 1 aliphatic carbocycles. The molecule has 6 N–H and O–H groups in total. The van der Waals surface area contributed by atoms with E-state index >= 15 is 0 Å². The van der Waals surface area contributed by atoms with Crippen LogP contribution in [0, 0.1) is 10.9 Å². The summed E-state index contributed by atoms with van der Waals surface area (Å²) in [5.41, 5.74) is 7.28. The second-order valence-corrected chi connectivity index (χ2v) is 32.1. The van der Waals surface area contributed by atoms with Gasteiger partial charge in [0.25, 0.3) is 37.6 Å². The van der Waals surface area contributed by atoms with Crippen LogP contribution >= 0.6 is 23.4 Å². The van der Waals surface area contributed by atoms with Crippen LogP contribution in [0.25, 0.3) is 5.57 Å². The van der Waals surface area contributed by atoms with Crippen molar-refractivity contribution in [2.45, 2.75) is 97.5 Å². The van der Waals surface area contributed by atoms with Gasteiger partial charge in [0.1, 0.15) is 16.6 Å². The van der Waals surface area contributed by atoms with Gasteiger partial charge in [0.05, 0.1) is 61.4 Å². The van der Waals surface area contributed by atoms with E-state index in [0.717, 1.165) is 66.5 Å². The molecule has 32 heteroatoms. The zero-order valence-corrected chi connectivity index (χ0v) is 61.7. The van der Waals surface area contributed by atoms with E-state index in [1.165, 1.54) is 46.7 Å². The van der Waals surface area contributed by atoms with Crippen LogP contribution in [-0.2, 0) is 48.5 Å². The topological polar surface area (TPSA) is 311 Å². The number of carbonyl (C=O) groups is 6. The van der Waals surface area contributed by atoms with E-state index < -0.39 is 82.5 Å². The van der Waals surface area contributed by atoms with Crippen molar-refractivity contribution in [1.82, 2.24) is 35.0 Å². The number of fused-ring (bicyclic) bond motifs is 1. The van der Waals surface area contributed by atoms with Gasteiger partial charge in [-0.15, -0.1) is 11.8 Å². The van der Waals surface area contributed by atoms with Gasteiger partial charge in [-0.3, -0.25) is 48.8 Å². The van der Waals surface area contributed by atoms with E-state index in [1.54, 1.807) is 35.4 Å². The summed E-state index contributed by atoms with van der Waals surface area (Å²) in [4.78, 5) is 85.4. The van der Waals surface area contributed by atoms with Crippen molar-refractivity contribution in [2.24, 2.45) is 10.5 Å². The predicted octanol–water partition coefficient (Wildman–Crippen LogP) is 9.45. The Morgan fingerprint density at radius 3 is 2.18 bits per heavy atom. The molecule has 0 aromatic heterocycles. The van der Waals surface area contributed by atoms with E-state index in [0.29, 0.717) is 94.2 Å². The third-order valence-electron chi connectivity index (χ3n) is 19.0. The predicted molar refractivity (Wildman–Crippen MR) is 392 cm³/mol. The number of sulfonamides is 1. The Bertz CT molecular complexity index is 4240. The number of hydrogen-bond donors (Lipinski definition) is 6. The lowest BCUT2D eigenvalue weighted by Gasteiger charge is -2.39. The lowest BCUT2D eigenvalue weighted by Crippen LogP contribution is -2.54. The smallest absolute Gasteiger partial charge is 0.389 e. The van der Waals surface area contributed by atoms with Gasteiger partial charge in [0.15, 0.2) is 0 Å². The Kier molecular flexibility index (Phi) is 27.5. The second-order valence-electron chi connectivity index (χ2n) is 26.9. The van der Waals surface area contributed by atoms with E-state index in [-0.39, 0.29) is 92.7 Å². The van der Waals surface area contributed by atoms with Crippen molar-refractivity contribution in [3.05, 3.63) is 160 Å². The number of anilines is 3. The summed E-state index contributed by atoms with van der Waals surface area (Å²) >= 11 is 7.61. The van der Waals surface area contributed by atoms with Crippen LogP contribution in [0.3, 0.4) is 0 Å². The summed E-state index contributed by atoms with van der Waals surface area (Å²) in [5, 5.41) is 15.6. The van der Waals surface area contributed by atoms with Gasteiger partial charge in [-0.1, -0.05) is 67.4 Å². The number of piperidine rings is 1. The number of allylic oxidation sites excluding steroid dienone is 1. The lowest BCUT2D eigenvalue weighted by atomic mass is 9.73. The molecular weight excluding hydrogens is 1440 g/mol. The Balaban J connectivity index is 0.635. The fraction of sp³-hybridized carbons (Fsp3) is 0.452. The minimum absolute atomic E-state index is 0.0207. The minimum atomic E-state index is -6.17. The molecule has 6 amide bonds. The molecule has 5 aliphatic rings. The van der Waals surface area contributed by atoms with Crippen LogP contribution in [-0.4, -0.2) is 213 Å². The first-order chi connectivity index (χ1) is 50.3. The van der Waals surface area contributed by atoms with E-state index in [2.05, 4.69) is 67.1 Å². The monoisotopic (exact) mass is 1530 g/mol. The maximum atomic E-state index is 14.5. The summed E-state index contributed by atoms with van der Waals surface area (Å²) < 4.78 is 117. The van der Waals surface area contributed by atoms with E-state index in [1.807, 2.05) is 47.2 Å². The molecule has 2 atom stereocenters. The molecule has 0 bridgehead atoms. The molecule has 4 heterocycles. The highest BCUT2D eigenvalue weighted by Crippen LogP contribution is 2.44. The zero-order valence-electron chi connectivity index (χ0n) is 58.5. The van der Waals surface area contributed by atoms with Crippen LogP contribution in [0.4, 0.5) is 30.2 Å². The highest BCUT2D eigenvalue weighted by atomic mass is 35.5. The Hall–Kier alpha value is -8.27. The normalized spacial score (nSPS) is 18.1. The molecular formula is C73H88ClF3N12O13S3. The molecule has 0 saturated carbocycles. The second kappa shape index (κ2) is 36.4. The molecule has 10 rings (SSSR count). The average Bonchev–Trinajstić information content (AvgIpc) is 1.65. The third-order valence-corrected chi connectivity index (χ3v) is 23.2. The zero-order chi connectivity index (χ0) is 74.9. The number of benzene rings is 5. The summed E-state index contributed by atoms with van der Waals surface area (Å²) in [5.74, 6) is -3.20. The summed E-state index contributed by atoms with van der Waals surface area (Å²) in [7, 11) is -11.1. The van der Waals surface area contributed by atoms with Gasteiger partial charge in [-0.2, -0.15) is 18.3 Å². The van der Waals surface area contributed by atoms with Crippen molar-refractivity contribution in [2.75, 3.05) is 139 Å². The van der Waals surface area contributed by atoms with Crippen LogP contribution in [0.1, 0.15) is 102 Å². The fourth-order valence-electron chi connectivity index (χ4n) is 13.2. The van der Waals surface area contributed by atoms with Crippen LogP contribution in [0.15, 0.2) is 153 Å². The van der Waals surface area contributed by atoms with Crippen molar-refractivity contribution < 1.29 is 73.0 Å². The number of thioether (sulfide) groups is 1. The molecule has 4 aliphatic heterocycles. The number of halogens is 4. The molecule has 25 nitrogen and oxygen atoms in total. The number of piperazine rings is 2. The van der Waals surface area contributed by atoms with Gasteiger partial charge in [0, 0.05) is 136 Å². The molecule has 0 spiro atoms. The SMILES string of the molecule is CC1(C)CCC(c2ccc(Cl)cc2)=C(CN2CCN(c3ccc(C(=O)NS(=O)(=O)c4ccc(N[C@H](CCN5CCN(C(=O)CCCN/C=C(/COCCOCCOCCNc6cccc7c6C(=O)N(C6CCC(=O)NC6=O)C7=O)N=N)CC5)CSc5ccccc5)c(S(=O)(=O)C(F)(F)F)c4)cc3)CC2)C1. The molecule has 1 unspecified atom stereocenters. The Morgan fingerprint density at radius 1 is 0.790 bits per heavy atom. The quantitative estimate of drug-likeness (QED) is 0.00952. The number of amides is 6. The van der Waals surface area contributed by atoms with Crippen molar-refractivity contribution in [1.29, 1.82) is 5.53 Å². The molecule has 3 saturated heterocycles. The van der Waals surface area contributed by atoms with Gasteiger partial charge >= 0.3 is 5.51 Å². The molecule has 105 heavy (non-hydrogen) atoms. The van der Waals surface area contributed by atoms with Crippen molar-refractivity contribution in [3.63, 3.8) is 0 Å². The number of ether oxygens (including phenoxy) is 3. The largest absolute Gasteiger partial charge is 0.501 e. The molecule has 564 valence electrons. The number of nitrogens with zero attached hydrogens (tertiary/aromatic N) is 6. The van der Waals surface area contributed by atoms with Gasteiger partial charge in [-0.25, -0.2) is 27.1 Å². The molecule has 5 aromatic carbocycles. The van der Waals surface area contributed by atoms with Crippen molar-refractivity contribution in [3.8, 4) is 0 Å². The van der Waals surface area contributed by atoms with Crippen LogP contribution in [0.5, 0.6) is 0 Å². The first-order valence-corrected chi connectivity index (χ1v) is 39.2. The number of hydrogen-bond acceptors (Lipinski definition) is 22. The average molecular weight is 1530 g/mol. The van der Waals surface area contributed by atoms with Crippen molar-refractivity contribution >= 4 is 101 Å². The van der Waals surface area contributed by atoms with Gasteiger partial charge < -0.3 is 40.0 Å².